The SMILES string of the molecule is CCn1c(-c2cnccc2COC)c2c3cc(ccc31)-c1cc(O)cc(c1)C[C@H](NC(=O)C(OC(=O)N(C)C)C(C)C)C(=O)N1CCC[C@H](N1)C(=O)OCC(C)(C)C2. The number of rotatable bonds is 8. The van der Waals surface area contributed by atoms with E-state index in [2.05, 4.69) is 53.2 Å². The van der Waals surface area contributed by atoms with Crippen molar-refractivity contribution in [3.8, 4) is 28.1 Å². The van der Waals surface area contributed by atoms with Crippen molar-refractivity contribution in [2.24, 2.45) is 11.3 Å². The highest BCUT2D eigenvalue weighted by molar-refractivity contribution is 5.96. The highest BCUT2D eigenvalue weighted by Crippen LogP contribution is 2.41. The number of phenols is 1. The Morgan fingerprint density at radius 3 is 2.60 bits per heavy atom. The Hall–Kier alpha value is -5.47. The number of nitrogens with one attached hydrogen (secondary N) is 2. The van der Waals surface area contributed by atoms with Gasteiger partial charge in [0.2, 0.25) is 0 Å². The van der Waals surface area contributed by atoms with E-state index in [1.165, 1.54) is 24.0 Å². The molecule has 2 aliphatic rings. The molecule has 0 saturated carbocycles. The molecule has 3 N–H and O–H groups in total. The van der Waals surface area contributed by atoms with E-state index in [4.69, 9.17) is 14.2 Å². The summed E-state index contributed by atoms with van der Waals surface area (Å²) in [6.07, 6.45) is 3.28. The van der Waals surface area contributed by atoms with Gasteiger partial charge in [0.05, 0.1) is 18.9 Å². The largest absolute Gasteiger partial charge is 0.508 e. The van der Waals surface area contributed by atoms with Gasteiger partial charge in [-0.3, -0.25) is 24.4 Å². The van der Waals surface area contributed by atoms with Gasteiger partial charge in [-0.2, -0.15) is 0 Å². The van der Waals surface area contributed by atoms with Gasteiger partial charge in [-0.05, 0) is 90.3 Å². The fourth-order valence-corrected chi connectivity index (χ4v) is 7.89. The van der Waals surface area contributed by atoms with Crippen LogP contribution in [0.3, 0.4) is 0 Å². The third-order valence-electron chi connectivity index (χ3n) is 10.8. The molecule has 14 nitrogen and oxygen atoms in total. The predicted molar refractivity (Wildman–Crippen MR) is 219 cm³/mol. The summed E-state index contributed by atoms with van der Waals surface area (Å²) in [7, 11) is 4.71. The molecule has 4 aromatic rings. The lowest BCUT2D eigenvalue weighted by molar-refractivity contribution is -0.155. The summed E-state index contributed by atoms with van der Waals surface area (Å²) in [6.45, 7) is 11.2. The van der Waals surface area contributed by atoms with Crippen LogP contribution in [0.5, 0.6) is 5.75 Å². The monoisotopic (exact) mass is 796 g/mol. The lowest BCUT2D eigenvalue weighted by Crippen LogP contribution is -2.61. The first-order valence-electron chi connectivity index (χ1n) is 19.9. The summed E-state index contributed by atoms with van der Waals surface area (Å²) in [4.78, 5) is 60.3. The first kappa shape index (κ1) is 42.1. The average Bonchev–Trinajstić information content (AvgIpc) is 3.49. The Morgan fingerprint density at radius 2 is 1.90 bits per heavy atom. The van der Waals surface area contributed by atoms with Gasteiger partial charge in [0.1, 0.15) is 17.8 Å². The van der Waals surface area contributed by atoms with Crippen LogP contribution >= 0.6 is 0 Å². The predicted octanol–water partition coefficient (Wildman–Crippen LogP) is 5.61. The standard InChI is InChI=1S/C44H56N6O8/c1-9-49-37-13-12-28-21-32(37)33(38(49)34-23-45-15-14-29(34)24-56-8)22-44(4,5)25-57-42(54)35-11-10-16-50(47-35)41(53)36(19-27-17-30(28)20-31(51)18-27)46-40(52)39(26(2)3)58-43(55)48(6)7/h12-15,17-18,20-21,23,26,35-36,39,47,51H,9-11,16,19,22,24-25H2,1-8H3,(H,46,52)/t35-,36-,39?/m0/s1. The van der Waals surface area contributed by atoms with Crippen LogP contribution in [-0.2, 0) is 54.6 Å². The van der Waals surface area contributed by atoms with Crippen molar-refractivity contribution in [2.45, 2.75) is 91.6 Å². The van der Waals surface area contributed by atoms with Gasteiger partial charge in [0.25, 0.3) is 11.8 Å². The van der Waals surface area contributed by atoms with E-state index in [9.17, 15) is 24.3 Å². The zero-order valence-corrected chi connectivity index (χ0v) is 34.8. The molecule has 1 saturated heterocycles. The fraction of sp³-hybridized carbons (Fsp3) is 0.477. The van der Waals surface area contributed by atoms with Crippen molar-refractivity contribution in [3.63, 3.8) is 0 Å². The van der Waals surface area contributed by atoms with Crippen LogP contribution in [0, 0.1) is 11.3 Å². The second-order valence-electron chi connectivity index (χ2n) is 16.6. The number of cyclic esters (lactones) is 1. The number of fused-ring (bicyclic) bond motifs is 6. The molecule has 3 amide bonds. The molecule has 4 heterocycles. The summed E-state index contributed by atoms with van der Waals surface area (Å²) >= 11 is 0. The van der Waals surface area contributed by atoms with Crippen molar-refractivity contribution >= 4 is 34.8 Å². The smallest absolute Gasteiger partial charge is 0.410 e. The molecule has 2 aromatic carbocycles. The second-order valence-corrected chi connectivity index (χ2v) is 16.6. The molecule has 6 rings (SSSR count). The van der Waals surface area contributed by atoms with Crippen molar-refractivity contribution < 1.29 is 38.5 Å². The first-order chi connectivity index (χ1) is 27.6. The number of pyridine rings is 1. The number of carbonyl (C=O) groups is 4. The van der Waals surface area contributed by atoms with Crippen LogP contribution in [0.25, 0.3) is 33.3 Å². The van der Waals surface area contributed by atoms with Crippen LogP contribution in [0.15, 0.2) is 54.9 Å². The van der Waals surface area contributed by atoms with Gasteiger partial charge in [-0.1, -0.05) is 39.8 Å². The van der Waals surface area contributed by atoms with Gasteiger partial charge in [-0.25, -0.2) is 10.2 Å². The number of nitrogens with zero attached hydrogens (tertiary/aromatic N) is 4. The minimum Gasteiger partial charge on any atom is -0.508 e. The number of benzene rings is 2. The number of amides is 3. The number of hydrogen-bond acceptors (Lipinski definition) is 10. The van der Waals surface area contributed by atoms with E-state index in [1.807, 2.05) is 24.4 Å². The molecule has 3 atom stereocenters. The number of carbonyl (C=O) groups excluding carboxylic acids is 4. The molecular formula is C44H56N6O8. The van der Waals surface area contributed by atoms with Crippen LogP contribution in [0.1, 0.15) is 64.2 Å². The maximum Gasteiger partial charge on any atom is 0.410 e. The quantitative estimate of drug-likeness (QED) is 0.191. The molecule has 0 aliphatic carbocycles. The number of methoxy groups -OCH3 is 1. The first-order valence-corrected chi connectivity index (χ1v) is 19.9. The molecule has 14 heteroatoms. The van der Waals surface area contributed by atoms with Gasteiger partial charge in [-0.15, -0.1) is 0 Å². The Morgan fingerprint density at radius 1 is 1.12 bits per heavy atom. The van der Waals surface area contributed by atoms with Crippen LogP contribution in [0.2, 0.25) is 0 Å². The van der Waals surface area contributed by atoms with Gasteiger partial charge in [0.15, 0.2) is 6.10 Å². The number of ether oxygens (including phenoxy) is 3. The molecule has 310 valence electrons. The van der Waals surface area contributed by atoms with Crippen molar-refractivity contribution in [1.82, 2.24) is 30.2 Å². The van der Waals surface area contributed by atoms with Crippen LogP contribution in [-0.4, -0.2) is 101 Å². The zero-order chi connectivity index (χ0) is 41.9. The van der Waals surface area contributed by atoms with E-state index in [1.54, 1.807) is 39.3 Å². The highest BCUT2D eigenvalue weighted by atomic mass is 16.6. The Kier molecular flexibility index (Phi) is 12.8. The molecule has 0 spiro atoms. The molecule has 58 heavy (non-hydrogen) atoms. The van der Waals surface area contributed by atoms with Gasteiger partial charge < -0.3 is 34.1 Å². The number of esters is 1. The molecule has 2 aliphatic heterocycles. The van der Waals surface area contributed by atoms with Crippen LogP contribution in [0.4, 0.5) is 4.79 Å². The maximum atomic E-state index is 14.4. The molecular weight excluding hydrogens is 741 g/mol. The topological polar surface area (TPSA) is 165 Å². The summed E-state index contributed by atoms with van der Waals surface area (Å²) in [6, 6.07) is 11.4. The van der Waals surface area contributed by atoms with Gasteiger partial charge >= 0.3 is 12.1 Å². The summed E-state index contributed by atoms with van der Waals surface area (Å²) in [5.74, 6) is -2.02. The summed E-state index contributed by atoms with van der Waals surface area (Å²) in [5, 5.41) is 16.4. The number of phenolic OH excluding ortho intramolecular Hbond substituents is 1. The molecule has 6 bridgehead atoms. The lowest BCUT2D eigenvalue weighted by Gasteiger charge is -2.36. The van der Waals surface area contributed by atoms with E-state index in [-0.39, 0.29) is 25.3 Å². The molecule has 2 aromatic heterocycles. The van der Waals surface area contributed by atoms with Crippen molar-refractivity contribution in [2.75, 3.05) is 34.4 Å². The fourth-order valence-electron chi connectivity index (χ4n) is 7.89. The number of aromatic nitrogens is 2. The van der Waals surface area contributed by atoms with E-state index in [0.717, 1.165) is 44.4 Å². The van der Waals surface area contributed by atoms with E-state index in [0.29, 0.717) is 38.0 Å². The molecule has 1 fully saturated rings. The van der Waals surface area contributed by atoms with Gasteiger partial charge in [0, 0.05) is 75.0 Å². The molecule has 0 radical (unpaired) electrons. The molecule has 1 unspecified atom stereocenters. The zero-order valence-electron chi connectivity index (χ0n) is 34.8. The minimum atomic E-state index is -1.19. The summed E-state index contributed by atoms with van der Waals surface area (Å²) in [5.41, 5.74) is 9.73. The number of aryl methyl sites for hydroxylation is 1. The van der Waals surface area contributed by atoms with Crippen molar-refractivity contribution in [1.29, 1.82) is 0 Å². The van der Waals surface area contributed by atoms with Crippen LogP contribution < -0.4 is 10.7 Å². The number of hydrazine groups is 1. The Bertz CT molecular complexity index is 2180. The lowest BCUT2D eigenvalue weighted by atomic mass is 9.84. The third kappa shape index (κ3) is 9.13. The highest BCUT2D eigenvalue weighted by Gasteiger charge is 2.37. The number of aromatic hydroxyl groups is 1. The Labute approximate surface area is 339 Å². The van der Waals surface area contributed by atoms with E-state index >= 15 is 0 Å². The summed E-state index contributed by atoms with van der Waals surface area (Å²) < 4.78 is 19.5. The second kappa shape index (κ2) is 17.6. The third-order valence-corrected chi connectivity index (χ3v) is 10.8. The minimum absolute atomic E-state index is 0.00691. The number of hydrogen-bond donors (Lipinski definition) is 3. The van der Waals surface area contributed by atoms with Crippen molar-refractivity contribution in [3.05, 3.63) is 71.5 Å². The average molecular weight is 797 g/mol. The Balaban J connectivity index is 1.50. The normalized spacial score (nSPS) is 19.0. The maximum absolute atomic E-state index is 14.4. The van der Waals surface area contributed by atoms with E-state index < -0.39 is 53.4 Å².